The molecule has 1 N–H and O–H groups in total. The molecule has 0 heterocycles. The fourth-order valence-corrected chi connectivity index (χ4v) is 2.00. The van der Waals surface area contributed by atoms with Crippen molar-refractivity contribution in [3.8, 4) is 0 Å². The van der Waals surface area contributed by atoms with Crippen LogP contribution in [0.15, 0.2) is 43.0 Å². The number of carbonyl (C=O) groups is 1. The summed E-state index contributed by atoms with van der Waals surface area (Å²) in [6, 6.07) is 9.31. The largest absolute Gasteiger partial charge is 0.388 e. The predicted octanol–water partition coefficient (Wildman–Crippen LogP) is 3.53. The Bertz CT molecular complexity index is 401. The average molecular weight is 246 g/mol. The van der Waals surface area contributed by atoms with Gasteiger partial charge in [-0.3, -0.25) is 4.79 Å². The second-order valence-corrected chi connectivity index (χ2v) is 5.60. The van der Waals surface area contributed by atoms with Gasteiger partial charge in [0, 0.05) is 5.41 Å². The van der Waals surface area contributed by atoms with Crippen molar-refractivity contribution >= 4 is 5.78 Å². The van der Waals surface area contributed by atoms with E-state index in [4.69, 9.17) is 0 Å². The van der Waals surface area contributed by atoms with E-state index in [0.717, 1.165) is 5.56 Å². The number of aliphatic hydroxyl groups is 1. The number of ketones is 1. The second kappa shape index (κ2) is 5.96. The summed E-state index contributed by atoms with van der Waals surface area (Å²) in [4.78, 5) is 12.4. The van der Waals surface area contributed by atoms with Gasteiger partial charge in [-0.2, -0.15) is 0 Å². The van der Waals surface area contributed by atoms with Gasteiger partial charge in [0.1, 0.15) is 5.78 Å². The van der Waals surface area contributed by atoms with Gasteiger partial charge in [-0.05, 0) is 12.0 Å². The van der Waals surface area contributed by atoms with Crippen LogP contribution in [0.3, 0.4) is 0 Å². The van der Waals surface area contributed by atoms with E-state index < -0.39 is 17.4 Å². The molecular weight excluding hydrogens is 224 g/mol. The van der Waals surface area contributed by atoms with E-state index in [0.29, 0.717) is 6.42 Å². The number of hydrogen-bond donors (Lipinski definition) is 1. The van der Waals surface area contributed by atoms with Crippen LogP contribution in [0.2, 0.25) is 0 Å². The Balaban J connectivity index is 2.99. The van der Waals surface area contributed by atoms with Crippen LogP contribution in [0, 0.1) is 11.3 Å². The number of rotatable bonds is 5. The van der Waals surface area contributed by atoms with Crippen LogP contribution < -0.4 is 0 Å². The van der Waals surface area contributed by atoms with Gasteiger partial charge < -0.3 is 5.11 Å². The number of benzene rings is 1. The van der Waals surface area contributed by atoms with Crippen LogP contribution in [0.5, 0.6) is 0 Å². The topological polar surface area (TPSA) is 37.3 Å². The van der Waals surface area contributed by atoms with Crippen molar-refractivity contribution in [3.05, 3.63) is 48.6 Å². The molecule has 0 aliphatic rings. The lowest BCUT2D eigenvalue weighted by Gasteiger charge is -2.27. The van der Waals surface area contributed by atoms with Gasteiger partial charge in [0.2, 0.25) is 0 Å². The van der Waals surface area contributed by atoms with Crippen LogP contribution >= 0.6 is 0 Å². The van der Waals surface area contributed by atoms with Gasteiger partial charge in [-0.25, -0.2) is 0 Å². The maximum absolute atomic E-state index is 12.4. The summed E-state index contributed by atoms with van der Waals surface area (Å²) >= 11 is 0. The van der Waals surface area contributed by atoms with Gasteiger partial charge >= 0.3 is 0 Å². The van der Waals surface area contributed by atoms with Gasteiger partial charge in [-0.15, -0.1) is 6.58 Å². The SMILES string of the molecule is C=CC[C@H](C(=O)C(C)(C)C)[C@@H](O)c1ccccc1. The Morgan fingerprint density at radius 1 is 1.33 bits per heavy atom. The normalized spacial score (nSPS) is 14.9. The number of aliphatic hydroxyl groups excluding tert-OH is 1. The molecule has 1 aromatic carbocycles. The van der Waals surface area contributed by atoms with E-state index in [2.05, 4.69) is 6.58 Å². The Morgan fingerprint density at radius 3 is 2.33 bits per heavy atom. The van der Waals surface area contributed by atoms with E-state index >= 15 is 0 Å². The van der Waals surface area contributed by atoms with Crippen molar-refractivity contribution in [2.45, 2.75) is 33.3 Å². The molecule has 2 heteroatoms. The van der Waals surface area contributed by atoms with Crippen molar-refractivity contribution in [2.24, 2.45) is 11.3 Å². The molecule has 0 fully saturated rings. The maximum Gasteiger partial charge on any atom is 0.144 e. The molecule has 0 unspecified atom stereocenters. The number of hydrogen-bond acceptors (Lipinski definition) is 2. The highest BCUT2D eigenvalue weighted by Crippen LogP contribution is 2.32. The van der Waals surface area contributed by atoms with Crippen molar-refractivity contribution < 1.29 is 9.90 Å². The number of carbonyl (C=O) groups excluding carboxylic acids is 1. The summed E-state index contributed by atoms with van der Waals surface area (Å²) < 4.78 is 0. The molecule has 0 aliphatic heterocycles. The van der Waals surface area contributed by atoms with Crippen LogP contribution in [0.1, 0.15) is 38.9 Å². The first-order valence-corrected chi connectivity index (χ1v) is 6.26. The smallest absolute Gasteiger partial charge is 0.144 e. The van der Waals surface area contributed by atoms with E-state index in [1.54, 1.807) is 6.08 Å². The lowest BCUT2D eigenvalue weighted by Crippen LogP contribution is -2.32. The first-order valence-electron chi connectivity index (χ1n) is 6.26. The standard InChI is InChI=1S/C16H22O2/c1-5-9-13(15(18)16(2,3)4)14(17)12-10-7-6-8-11-12/h5-8,10-11,13-14,17H,1,9H2,2-4H3/t13-,14-/m0/s1. The van der Waals surface area contributed by atoms with Crippen molar-refractivity contribution in [1.29, 1.82) is 0 Å². The molecule has 0 aliphatic carbocycles. The Morgan fingerprint density at radius 2 is 1.89 bits per heavy atom. The molecule has 0 spiro atoms. The van der Waals surface area contributed by atoms with Crippen molar-refractivity contribution in [3.63, 3.8) is 0 Å². The fraction of sp³-hybridized carbons (Fsp3) is 0.438. The van der Waals surface area contributed by atoms with E-state index in [1.165, 1.54) is 0 Å². The molecule has 1 rings (SSSR count). The van der Waals surface area contributed by atoms with Crippen LogP contribution in [-0.2, 0) is 4.79 Å². The van der Waals surface area contributed by atoms with Gasteiger partial charge in [0.15, 0.2) is 0 Å². The first kappa shape index (κ1) is 14.7. The third-order valence-corrected chi connectivity index (χ3v) is 3.02. The Labute approximate surface area is 109 Å². The molecule has 0 aromatic heterocycles. The second-order valence-electron chi connectivity index (χ2n) is 5.60. The monoisotopic (exact) mass is 246 g/mol. The highest BCUT2D eigenvalue weighted by Gasteiger charge is 2.34. The Kier molecular flexibility index (Phi) is 4.85. The molecule has 0 bridgehead atoms. The third kappa shape index (κ3) is 3.54. The molecule has 1 aromatic rings. The highest BCUT2D eigenvalue weighted by molar-refractivity contribution is 5.86. The summed E-state index contributed by atoms with van der Waals surface area (Å²) in [6.45, 7) is 9.31. The van der Waals surface area contributed by atoms with Gasteiger partial charge in [-0.1, -0.05) is 57.2 Å². The molecule has 18 heavy (non-hydrogen) atoms. The van der Waals surface area contributed by atoms with Crippen LogP contribution in [0.25, 0.3) is 0 Å². The molecular formula is C16H22O2. The summed E-state index contributed by atoms with van der Waals surface area (Å²) in [5.74, 6) is -0.358. The molecule has 0 radical (unpaired) electrons. The van der Waals surface area contributed by atoms with Crippen LogP contribution in [-0.4, -0.2) is 10.9 Å². The summed E-state index contributed by atoms with van der Waals surface area (Å²) in [5.41, 5.74) is 0.325. The average Bonchev–Trinajstić information content (AvgIpc) is 2.34. The molecule has 2 atom stereocenters. The summed E-state index contributed by atoms with van der Waals surface area (Å²) in [7, 11) is 0. The predicted molar refractivity (Wildman–Crippen MR) is 74.2 cm³/mol. The highest BCUT2D eigenvalue weighted by atomic mass is 16.3. The molecule has 0 amide bonds. The zero-order valence-electron chi connectivity index (χ0n) is 11.4. The van der Waals surface area contributed by atoms with Crippen molar-refractivity contribution in [1.82, 2.24) is 0 Å². The maximum atomic E-state index is 12.4. The minimum absolute atomic E-state index is 0.0683. The van der Waals surface area contributed by atoms with Crippen LogP contribution in [0.4, 0.5) is 0 Å². The zero-order chi connectivity index (χ0) is 13.8. The minimum Gasteiger partial charge on any atom is -0.388 e. The quantitative estimate of drug-likeness (QED) is 0.807. The number of allylic oxidation sites excluding steroid dienone is 1. The minimum atomic E-state index is -0.768. The lowest BCUT2D eigenvalue weighted by atomic mass is 9.77. The lowest BCUT2D eigenvalue weighted by molar-refractivity contribution is -0.134. The summed E-state index contributed by atoms with van der Waals surface area (Å²) in [5, 5.41) is 10.4. The van der Waals surface area contributed by atoms with Crippen molar-refractivity contribution in [2.75, 3.05) is 0 Å². The van der Waals surface area contributed by atoms with E-state index in [-0.39, 0.29) is 5.78 Å². The molecule has 0 saturated carbocycles. The van der Waals surface area contributed by atoms with E-state index in [9.17, 15) is 9.90 Å². The number of Topliss-reactive ketones (excluding diaryl/α,β-unsaturated/α-hetero) is 1. The fourth-order valence-electron chi connectivity index (χ4n) is 2.00. The van der Waals surface area contributed by atoms with E-state index in [1.807, 2.05) is 51.1 Å². The van der Waals surface area contributed by atoms with Gasteiger partial charge in [0.05, 0.1) is 12.0 Å². The molecule has 2 nitrogen and oxygen atoms in total. The third-order valence-electron chi connectivity index (χ3n) is 3.02. The molecule has 98 valence electrons. The summed E-state index contributed by atoms with van der Waals surface area (Å²) in [6.07, 6.45) is 1.42. The molecule has 0 saturated heterocycles. The Hall–Kier alpha value is -1.41. The van der Waals surface area contributed by atoms with Gasteiger partial charge in [0.25, 0.3) is 0 Å². The first-order chi connectivity index (χ1) is 8.38. The zero-order valence-corrected chi connectivity index (χ0v) is 11.4.